The first-order valence-corrected chi connectivity index (χ1v) is 9.41. The van der Waals surface area contributed by atoms with Gasteiger partial charge in [-0.05, 0) is 37.2 Å². The van der Waals surface area contributed by atoms with E-state index in [0.29, 0.717) is 12.0 Å². The van der Waals surface area contributed by atoms with E-state index in [1.165, 1.54) is 24.8 Å². The van der Waals surface area contributed by atoms with E-state index in [2.05, 4.69) is 29.6 Å². The van der Waals surface area contributed by atoms with Crippen molar-refractivity contribution in [2.45, 2.75) is 57.1 Å². The molecule has 1 heterocycles. The predicted molar refractivity (Wildman–Crippen MR) is 95.9 cm³/mol. The predicted octanol–water partition coefficient (Wildman–Crippen LogP) is 4.13. The number of nitrogens with one attached hydrogen (secondary N) is 1. The molecule has 0 bridgehead atoms. The molecule has 2 amide bonds. The molecule has 1 aromatic carbocycles. The van der Waals surface area contributed by atoms with Crippen molar-refractivity contribution in [3.8, 4) is 0 Å². The lowest BCUT2D eigenvalue weighted by Crippen LogP contribution is -2.48. The van der Waals surface area contributed by atoms with Gasteiger partial charge in [0.2, 0.25) is 0 Å². The van der Waals surface area contributed by atoms with E-state index in [0.717, 1.165) is 38.8 Å². The number of carbonyl (C=O) groups excluding carboxylic acids is 1. The van der Waals surface area contributed by atoms with Gasteiger partial charge in [0.15, 0.2) is 0 Å². The minimum atomic E-state index is 0.133. The zero-order chi connectivity index (χ0) is 16.8. The van der Waals surface area contributed by atoms with Gasteiger partial charge < -0.3 is 15.0 Å². The van der Waals surface area contributed by atoms with Gasteiger partial charge in [-0.15, -0.1) is 0 Å². The molecule has 1 aromatic rings. The van der Waals surface area contributed by atoms with Crippen molar-refractivity contribution in [1.29, 1.82) is 0 Å². The van der Waals surface area contributed by atoms with Gasteiger partial charge in [0, 0.05) is 26.2 Å². The molecule has 1 aliphatic carbocycles. The molecule has 2 fully saturated rings. The first kappa shape index (κ1) is 17.3. The van der Waals surface area contributed by atoms with E-state index >= 15 is 0 Å². The van der Waals surface area contributed by atoms with Crippen molar-refractivity contribution in [2.75, 3.05) is 20.2 Å². The summed E-state index contributed by atoms with van der Waals surface area (Å²) in [7, 11) is 1.79. The highest BCUT2D eigenvalue weighted by Gasteiger charge is 2.30. The molecule has 1 saturated carbocycles. The maximum absolute atomic E-state index is 12.5. The van der Waals surface area contributed by atoms with Crippen LogP contribution in [0.5, 0.6) is 0 Å². The SMILES string of the molecule is COC(c1ccccc1)C1CCN(C(=O)NC2CCCCC2)CC1. The summed E-state index contributed by atoms with van der Waals surface area (Å²) in [5.74, 6) is 0.483. The van der Waals surface area contributed by atoms with Crippen LogP contribution in [0.15, 0.2) is 30.3 Å². The zero-order valence-electron chi connectivity index (χ0n) is 14.7. The summed E-state index contributed by atoms with van der Waals surface area (Å²) < 4.78 is 5.77. The van der Waals surface area contributed by atoms with E-state index in [4.69, 9.17) is 4.74 Å². The molecule has 0 spiro atoms. The third-order valence-corrected chi connectivity index (χ3v) is 5.57. The third-order valence-electron chi connectivity index (χ3n) is 5.57. The average molecular weight is 330 g/mol. The number of benzene rings is 1. The standard InChI is InChI=1S/C20H30N2O2/c1-24-19(16-8-4-2-5-9-16)17-12-14-22(15-13-17)20(23)21-18-10-6-3-7-11-18/h2,4-5,8-9,17-19H,3,6-7,10-15H2,1H3,(H,21,23). The van der Waals surface area contributed by atoms with Crippen LogP contribution in [0.1, 0.15) is 56.6 Å². The minimum Gasteiger partial charge on any atom is -0.376 e. The molecule has 1 atom stereocenters. The lowest BCUT2D eigenvalue weighted by molar-refractivity contribution is 0.0253. The van der Waals surface area contributed by atoms with Crippen molar-refractivity contribution in [2.24, 2.45) is 5.92 Å². The molecule has 2 aliphatic rings. The second kappa shape index (κ2) is 8.52. The summed E-state index contributed by atoms with van der Waals surface area (Å²) in [6.07, 6.45) is 8.24. The van der Waals surface area contributed by atoms with E-state index in [1.807, 2.05) is 11.0 Å². The van der Waals surface area contributed by atoms with Crippen molar-refractivity contribution < 1.29 is 9.53 Å². The topological polar surface area (TPSA) is 41.6 Å². The Balaban J connectivity index is 1.50. The molecule has 1 aliphatic heterocycles. The molecule has 0 aromatic heterocycles. The van der Waals surface area contributed by atoms with Gasteiger partial charge in [-0.3, -0.25) is 0 Å². The smallest absolute Gasteiger partial charge is 0.317 e. The highest BCUT2D eigenvalue weighted by Crippen LogP contribution is 2.33. The number of amides is 2. The summed E-state index contributed by atoms with van der Waals surface area (Å²) in [5.41, 5.74) is 1.24. The number of hydrogen-bond acceptors (Lipinski definition) is 2. The maximum Gasteiger partial charge on any atom is 0.317 e. The van der Waals surface area contributed by atoms with Gasteiger partial charge in [-0.25, -0.2) is 4.79 Å². The first-order chi connectivity index (χ1) is 11.8. The Kier molecular flexibility index (Phi) is 6.13. The summed E-state index contributed by atoms with van der Waals surface area (Å²) in [6, 6.07) is 11.0. The fourth-order valence-electron chi connectivity index (χ4n) is 4.16. The van der Waals surface area contributed by atoms with Gasteiger partial charge >= 0.3 is 6.03 Å². The van der Waals surface area contributed by atoms with Crippen LogP contribution in [-0.2, 0) is 4.74 Å². The summed E-state index contributed by atoms with van der Waals surface area (Å²) in [5, 5.41) is 3.23. The van der Waals surface area contributed by atoms with Gasteiger partial charge in [0.05, 0.1) is 6.10 Å². The highest BCUT2D eigenvalue weighted by molar-refractivity contribution is 5.74. The number of likely N-dealkylation sites (tertiary alicyclic amines) is 1. The Bertz CT molecular complexity index is 506. The van der Waals surface area contributed by atoms with Crippen LogP contribution in [0.2, 0.25) is 0 Å². The monoisotopic (exact) mass is 330 g/mol. The second-order valence-electron chi connectivity index (χ2n) is 7.18. The number of nitrogens with zero attached hydrogens (tertiary/aromatic N) is 1. The summed E-state index contributed by atoms with van der Waals surface area (Å²) in [4.78, 5) is 14.5. The molecule has 1 saturated heterocycles. The minimum absolute atomic E-state index is 0.133. The molecule has 132 valence electrons. The van der Waals surface area contributed by atoms with Crippen LogP contribution in [0.4, 0.5) is 4.79 Å². The van der Waals surface area contributed by atoms with Crippen LogP contribution in [0.25, 0.3) is 0 Å². The van der Waals surface area contributed by atoms with Crippen molar-refractivity contribution >= 4 is 6.03 Å². The Morgan fingerprint density at radius 1 is 1.08 bits per heavy atom. The molecule has 4 nitrogen and oxygen atoms in total. The number of urea groups is 1. The van der Waals surface area contributed by atoms with E-state index < -0.39 is 0 Å². The Morgan fingerprint density at radius 3 is 2.38 bits per heavy atom. The first-order valence-electron chi connectivity index (χ1n) is 9.41. The molecule has 3 rings (SSSR count). The number of rotatable bonds is 4. The number of ether oxygens (including phenoxy) is 1. The Labute approximate surface area is 145 Å². The van der Waals surface area contributed by atoms with Crippen molar-refractivity contribution in [3.63, 3.8) is 0 Å². The number of carbonyl (C=O) groups is 1. The van der Waals surface area contributed by atoms with Crippen LogP contribution < -0.4 is 5.32 Å². The van der Waals surface area contributed by atoms with Crippen molar-refractivity contribution in [1.82, 2.24) is 10.2 Å². The number of methoxy groups -OCH3 is 1. The second-order valence-corrected chi connectivity index (χ2v) is 7.18. The van der Waals surface area contributed by atoms with E-state index in [-0.39, 0.29) is 12.1 Å². The molecule has 0 radical (unpaired) electrons. The molecule has 24 heavy (non-hydrogen) atoms. The number of hydrogen-bond donors (Lipinski definition) is 1. The van der Waals surface area contributed by atoms with E-state index in [1.54, 1.807) is 7.11 Å². The quantitative estimate of drug-likeness (QED) is 0.902. The van der Waals surface area contributed by atoms with Crippen LogP contribution >= 0.6 is 0 Å². The highest BCUT2D eigenvalue weighted by atomic mass is 16.5. The van der Waals surface area contributed by atoms with Crippen molar-refractivity contribution in [3.05, 3.63) is 35.9 Å². The Hall–Kier alpha value is -1.55. The van der Waals surface area contributed by atoms with Gasteiger partial charge in [-0.2, -0.15) is 0 Å². The molecule has 1 N–H and O–H groups in total. The van der Waals surface area contributed by atoms with Gasteiger partial charge in [0.1, 0.15) is 0 Å². The molecular formula is C20H30N2O2. The van der Waals surface area contributed by atoms with Gasteiger partial charge in [-0.1, -0.05) is 49.6 Å². The lowest BCUT2D eigenvalue weighted by atomic mass is 9.87. The molecule has 4 heteroatoms. The zero-order valence-corrected chi connectivity index (χ0v) is 14.7. The average Bonchev–Trinajstić information content (AvgIpc) is 2.65. The lowest BCUT2D eigenvalue weighted by Gasteiger charge is -2.36. The van der Waals surface area contributed by atoms with E-state index in [9.17, 15) is 4.79 Å². The summed E-state index contributed by atoms with van der Waals surface area (Å²) >= 11 is 0. The third kappa shape index (κ3) is 4.29. The molecular weight excluding hydrogens is 300 g/mol. The largest absolute Gasteiger partial charge is 0.376 e. The van der Waals surface area contributed by atoms with Crippen LogP contribution in [0, 0.1) is 5.92 Å². The van der Waals surface area contributed by atoms with Gasteiger partial charge in [0.25, 0.3) is 0 Å². The Morgan fingerprint density at radius 2 is 1.75 bits per heavy atom. The fraction of sp³-hybridized carbons (Fsp3) is 0.650. The van der Waals surface area contributed by atoms with Crippen LogP contribution in [0.3, 0.4) is 0 Å². The van der Waals surface area contributed by atoms with Crippen LogP contribution in [-0.4, -0.2) is 37.2 Å². The summed E-state index contributed by atoms with van der Waals surface area (Å²) in [6.45, 7) is 1.66. The molecule has 1 unspecified atom stereocenters. The fourth-order valence-corrected chi connectivity index (χ4v) is 4.16. The number of piperidine rings is 1. The maximum atomic E-state index is 12.5. The normalized spacial score (nSPS) is 21.5.